The van der Waals surface area contributed by atoms with E-state index >= 15 is 0 Å². The molecule has 0 amide bonds. The summed E-state index contributed by atoms with van der Waals surface area (Å²) in [7, 11) is 1.72. The third-order valence-corrected chi connectivity index (χ3v) is 2.17. The van der Waals surface area contributed by atoms with Crippen molar-refractivity contribution in [2.45, 2.75) is 39.7 Å². The number of carbonyl (C=O) groups excluding carboxylic acids is 1. The fraction of sp³-hybridized carbons (Fsp3) is 0.727. The summed E-state index contributed by atoms with van der Waals surface area (Å²) in [5.74, 6) is 0.315. The van der Waals surface area contributed by atoms with Gasteiger partial charge < -0.3 is 4.74 Å². The number of hydrogen-bond donors (Lipinski definition) is 0. The second kappa shape index (κ2) is 6.84. The highest BCUT2D eigenvalue weighted by molar-refractivity contribution is 5.72. The Hall–Kier alpha value is -0.630. The van der Waals surface area contributed by atoms with Crippen LogP contribution >= 0.6 is 0 Å². The Morgan fingerprint density at radius 1 is 1.54 bits per heavy atom. The van der Waals surface area contributed by atoms with Gasteiger partial charge in [0.1, 0.15) is 6.29 Å². The minimum Gasteiger partial charge on any atom is -0.381 e. The first-order valence-corrected chi connectivity index (χ1v) is 4.82. The highest BCUT2D eigenvalue weighted by Gasteiger charge is 2.13. The first-order chi connectivity index (χ1) is 6.15. The third-order valence-electron chi connectivity index (χ3n) is 2.17. The Morgan fingerprint density at radius 2 is 2.15 bits per heavy atom. The molecule has 0 aromatic carbocycles. The molecule has 0 radical (unpaired) electrons. The molecule has 0 saturated heterocycles. The molecule has 0 aromatic heterocycles. The zero-order valence-electron chi connectivity index (χ0n) is 9.04. The number of hydrogen-bond acceptors (Lipinski definition) is 2. The van der Waals surface area contributed by atoms with Gasteiger partial charge in [0.15, 0.2) is 0 Å². The smallest absolute Gasteiger partial charge is 0.145 e. The number of rotatable bonds is 6. The second-order valence-corrected chi connectivity index (χ2v) is 3.45. The van der Waals surface area contributed by atoms with Gasteiger partial charge in [-0.2, -0.15) is 0 Å². The molecule has 0 rings (SSSR count). The average molecular weight is 184 g/mol. The summed E-state index contributed by atoms with van der Waals surface area (Å²) >= 11 is 0. The number of carbonyl (C=O) groups is 1. The summed E-state index contributed by atoms with van der Waals surface area (Å²) in [6, 6.07) is 0. The predicted octanol–water partition coefficient (Wildman–Crippen LogP) is 2.58. The first kappa shape index (κ1) is 12.4. The molecule has 0 heterocycles. The molecule has 0 aromatic rings. The van der Waals surface area contributed by atoms with E-state index in [9.17, 15) is 4.79 Å². The summed E-state index contributed by atoms with van der Waals surface area (Å²) < 4.78 is 5.34. The Bertz CT molecular complexity index is 173. The second-order valence-electron chi connectivity index (χ2n) is 3.45. The molecule has 0 bridgehead atoms. The fourth-order valence-corrected chi connectivity index (χ4v) is 1.44. The van der Waals surface area contributed by atoms with Gasteiger partial charge in [-0.3, -0.25) is 4.79 Å². The van der Waals surface area contributed by atoms with E-state index in [1.54, 1.807) is 7.11 Å². The van der Waals surface area contributed by atoms with Gasteiger partial charge in [0.2, 0.25) is 0 Å². The van der Waals surface area contributed by atoms with Gasteiger partial charge >= 0.3 is 0 Å². The third kappa shape index (κ3) is 4.83. The van der Waals surface area contributed by atoms with Crippen molar-refractivity contribution in [2.24, 2.45) is 5.92 Å². The zero-order chi connectivity index (χ0) is 10.3. The lowest BCUT2D eigenvalue weighted by atomic mass is 9.98. The number of methoxy groups -OCH3 is 1. The van der Waals surface area contributed by atoms with Crippen LogP contribution in [0.2, 0.25) is 0 Å². The molecule has 2 atom stereocenters. The topological polar surface area (TPSA) is 26.3 Å². The van der Waals surface area contributed by atoms with Crippen molar-refractivity contribution in [1.29, 1.82) is 0 Å². The van der Waals surface area contributed by atoms with Crippen LogP contribution in [0.1, 0.15) is 33.6 Å². The highest BCUT2D eigenvalue weighted by atomic mass is 16.5. The van der Waals surface area contributed by atoms with E-state index in [0.717, 1.165) is 24.7 Å². The standard InChI is InChI=1S/C11H20O2/c1-5-6-11(13-4)10(3)7-9(2)8-12/h7-8,10-11H,5-6H2,1-4H3/b9-7+. The molecule has 2 heteroatoms. The largest absolute Gasteiger partial charge is 0.381 e. The summed E-state index contributed by atoms with van der Waals surface area (Å²) in [4.78, 5) is 10.4. The molecule has 0 saturated carbocycles. The van der Waals surface area contributed by atoms with E-state index in [-0.39, 0.29) is 6.10 Å². The SMILES string of the molecule is CCCC(OC)C(C)/C=C(\C)C=O. The van der Waals surface area contributed by atoms with Crippen molar-refractivity contribution in [3.05, 3.63) is 11.6 Å². The van der Waals surface area contributed by atoms with Crippen LogP contribution in [-0.2, 0) is 9.53 Å². The van der Waals surface area contributed by atoms with Crippen LogP contribution in [0.5, 0.6) is 0 Å². The lowest BCUT2D eigenvalue weighted by Gasteiger charge is -2.19. The first-order valence-electron chi connectivity index (χ1n) is 4.82. The van der Waals surface area contributed by atoms with Crippen LogP contribution in [0.4, 0.5) is 0 Å². The van der Waals surface area contributed by atoms with Crippen molar-refractivity contribution < 1.29 is 9.53 Å². The van der Waals surface area contributed by atoms with Crippen molar-refractivity contribution in [1.82, 2.24) is 0 Å². The van der Waals surface area contributed by atoms with Crippen LogP contribution in [0.25, 0.3) is 0 Å². The minimum atomic E-state index is 0.236. The molecule has 2 nitrogen and oxygen atoms in total. The Labute approximate surface area is 81.0 Å². The van der Waals surface area contributed by atoms with Crippen LogP contribution in [0.15, 0.2) is 11.6 Å². The van der Waals surface area contributed by atoms with E-state index in [2.05, 4.69) is 13.8 Å². The van der Waals surface area contributed by atoms with Gasteiger partial charge in [0, 0.05) is 13.0 Å². The van der Waals surface area contributed by atoms with E-state index in [1.165, 1.54) is 0 Å². The Kier molecular flexibility index (Phi) is 6.51. The molecule has 76 valence electrons. The maximum atomic E-state index is 10.4. The van der Waals surface area contributed by atoms with E-state index in [0.29, 0.717) is 5.92 Å². The molecule has 0 aliphatic rings. The van der Waals surface area contributed by atoms with Crippen LogP contribution < -0.4 is 0 Å². The van der Waals surface area contributed by atoms with E-state index in [1.807, 2.05) is 13.0 Å². The van der Waals surface area contributed by atoms with Crippen LogP contribution in [0, 0.1) is 5.92 Å². The lowest BCUT2D eigenvalue weighted by Crippen LogP contribution is -2.18. The molecule has 0 spiro atoms. The van der Waals surface area contributed by atoms with Gasteiger partial charge in [-0.25, -0.2) is 0 Å². The summed E-state index contributed by atoms with van der Waals surface area (Å²) in [6.45, 7) is 6.04. The molecule has 2 unspecified atom stereocenters. The molecule has 0 aliphatic heterocycles. The van der Waals surface area contributed by atoms with E-state index in [4.69, 9.17) is 4.74 Å². The normalized spacial score (nSPS) is 16.8. The highest BCUT2D eigenvalue weighted by Crippen LogP contribution is 2.15. The maximum Gasteiger partial charge on any atom is 0.145 e. The van der Waals surface area contributed by atoms with Crippen molar-refractivity contribution in [3.8, 4) is 0 Å². The molecule has 0 aliphatic carbocycles. The molecular weight excluding hydrogens is 164 g/mol. The van der Waals surface area contributed by atoms with Gasteiger partial charge in [0.25, 0.3) is 0 Å². The monoisotopic (exact) mass is 184 g/mol. The van der Waals surface area contributed by atoms with Gasteiger partial charge in [-0.1, -0.05) is 26.3 Å². The average Bonchev–Trinajstić information content (AvgIpc) is 2.13. The quantitative estimate of drug-likeness (QED) is 0.468. The number of aldehydes is 1. The number of ether oxygens (including phenoxy) is 1. The van der Waals surface area contributed by atoms with Crippen molar-refractivity contribution in [2.75, 3.05) is 7.11 Å². The molecular formula is C11H20O2. The van der Waals surface area contributed by atoms with Crippen LogP contribution in [-0.4, -0.2) is 19.5 Å². The zero-order valence-corrected chi connectivity index (χ0v) is 9.04. The summed E-state index contributed by atoms with van der Waals surface area (Å²) in [5.41, 5.74) is 0.783. The summed E-state index contributed by atoms with van der Waals surface area (Å²) in [5, 5.41) is 0. The van der Waals surface area contributed by atoms with E-state index < -0.39 is 0 Å². The molecule has 0 N–H and O–H groups in total. The van der Waals surface area contributed by atoms with Gasteiger partial charge in [0.05, 0.1) is 6.10 Å². The van der Waals surface area contributed by atoms with Crippen LogP contribution in [0.3, 0.4) is 0 Å². The summed E-state index contributed by atoms with van der Waals surface area (Å²) in [6.07, 6.45) is 5.24. The molecule has 13 heavy (non-hydrogen) atoms. The Balaban J connectivity index is 4.19. The fourth-order valence-electron chi connectivity index (χ4n) is 1.44. The minimum absolute atomic E-state index is 0.236. The Morgan fingerprint density at radius 3 is 2.54 bits per heavy atom. The lowest BCUT2D eigenvalue weighted by molar-refractivity contribution is -0.104. The van der Waals surface area contributed by atoms with Gasteiger partial charge in [-0.15, -0.1) is 0 Å². The predicted molar refractivity (Wildman–Crippen MR) is 54.7 cm³/mol. The van der Waals surface area contributed by atoms with Gasteiger partial charge in [-0.05, 0) is 18.9 Å². The maximum absolute atomic E-state index is 10.4. The van der Waals surface area contributed by atoms with Crippen molar-refractivity contribution in [3.63, 3.8) is 0 Å². The molecule has 0 fully saturated rings. The number of allylic oxidation sites excluding steroid dienone is 1. The van der Waals surface area contributed by atoms with Crippen molar-refractivity contribution >= 4 is 6.29 Å².